The molecule has 0 saturated heterocycles. The summed E-state index contributed by atoms with van der Waals surface area (Å²) in [4.78, 5) is 10.5. The van der Waals surface area contributed by atoms with Gasteiger partial charge in [0.1, 0.15) is 6.29 Å². The lowest BCUT2D eigenvalue weighted by atomic mass is 10.1. The quantitative estimate of drug-likeness (QED) is 0.442. The summed E-state index contributed by atoms with van der Waals surface area (Å²) in [5, 5.41) is 11.4. The predicted molar refractivity (Wildman–Crippen MR) is 60.0 cm³/mol. The van der Waals surface area contributed by atoms with Gasteiger partial charge >= 0.3 is 0 Å². The molecule has 1 aromatic carbocycles. The normalized spacial score (nSPS) is 10.0. The van der Waals surface area contributed by atoms with Gasteiger partial charge in [-0.1, -0.05) is 30.3 Å². The molecule has 3 heteroatoms. The molecular weight excluding hydrogens is 202 g/mol. The number of pyridine rings is 1. The van der Waals surface area contributed by atoms with Gasteiger partial charge in [-0.3, -0.25) is 4.79 Å². The third kappa shape index (κ3) is 2.25. The van der Waals surface area contributed by atoms with Gasteiger partial charge in [0.05, 0.1) is 6.42 Å². The molecule has 1 aromatic heterocycles. The van der Waals surface area contributed by atoms with Gasteiger partial charge in [-0.25, -0.2) is 0 Å². The van der Waals surface area contributed by atoms with E-state index in [0.717, 1.165) is 16.6 Å². The van der Waals surface area contributed by atoms with Crippen molar-refractivity contribution < 1.29 is 9.52 Å². The van der Waals surface area contributed by atoms with Crippen LogP contribution < -0.4 is 4.73 Å². The van der Waals surface area contributed by atoms with E-state index in [1.807, 2.05) is 18.2 Å². The zero-order chi connectivity index (χ0) is 11.4. The van der Waals surface area contributed by atoms with Crippen molar-refractivity contribution >= 4 is 6.29 Å². The summed E-state index contributed by atoms with van der Waals surface area (Å²) >= 11 is 0. The van der Waals surface area contributed by atoms with Crippen LogP contribution in [0.4, 0.5) is 0 Å². The van der Waals surface area contributed by atoms with Gasteiger partial charge in [-0.2, -0.15) is 4.73 Å². The summed E-state index contributed by atoms with van der Waals surface area (Å²) in [7, 11) is 0. The van der Waals surface area contributed by atoms with Gasteiger partial charge in [0.2, 0.25) is 0 Å². The lowest BCUT2D eigenvalue weighted by Crippen LogP contribution is -2.30. The molecule has 3 nitrogen and oxygen atoms in total. The number of hydrogen-bond donors (Lipinski definition) is 0. The van der Waals surface area contributed by atoms with E-state index in [9.17, 15) is 10.0 Å². The van der Waals surface area contributed by atoms with E-state index < -0.39 is 0 Å². The summed E-state index contributed by atoms with van der Waals surface area (Å²) in [6.45, 7) is 0. The minimum Gasteiger partial charge on any atom is -0.618 e. The van der Waals surface area contributed by atoms with Crippen molar-refractivity contribution in [2.45, 2.75) is 6.42 Å². The van der Waals surface area contributed by atoms with Crippen LogP contribution >= 0.6 is 0 Å². The van der Waals surface area contributed by atoms with Crippen LogP contribution in [0.15, 0.2) is 48.7 Å². The van der Waals surface area contributed by atoms with Crippen LogP contribution in [0, 0.1) is 5.21 Å². The molecule has 0 N–H and O–H groups in total. The molecule has 0 fully saturated rings. The summed E-state index contributed by atoms with van der Waals surface area (Å²) in [6, 6.07) is 12.5. The van der Waals surface area contributed by atoms with Crippen LogP contribution in [-0.4, -0.2) is 6.29 Å². The van der Waals surface area contributed by atoms with Gasteiger partial charge in [0.25, 0.3) is 0 Å². The van der Waals surface area contributed by atoms with Gasteiger partial charge in [0, 0.05) is 17.7 Å². The minimum atomic E-state index is 0.573. The number of rotatable bonds is 3. The lowest BCUT2D eigenvalue weighted by Gasteiger charge is -2.03. The topological polar surface area (TPSA) is 44.0 Å². The maximum atomic E-state index is 11.4. The van der Waals surface area contributed by atoms with Crippen LogP contribution in [0.3, 0.4) is 0 Å². The van der Waals surface area contributed by atoms with E-state index in [1.165, 1.54) is 6.20 Å². The number of carbonyl (C=O) groups is 1. The molecule has 80 valence electrons. The highest BCUT2D eigenvalue weighted by Crippen LogP contribution is 2.07. The summed E-state index contributed by atoms with van der Waals surface area (Å²) in [5.41, 5.74) is 2.36. The van der Waals surface area contributed by atoms with Crippen molar-refractivity contribution in [1.82, 2.24) is 0 Å². The maximum absolute atomic E-state index is 11.4. The molecule has 1 heterocycles. The molecule has 0 aliphatic heterocycles. The molecule has 0 atom stereocenters. The fourth-order valence-electron chi connectivity index (χ4n) is 1.52. The van der Waals surface area contributed by atoms with E-state index in [2.05, 4.69) is 0 Å². The molecule has 0 radical (unpaired) electrons. The van der Waals surface area contributed by atoms with Crippen LogP contribution in [0.1, 0.15) is 21.6 Å². The average molecular weight is 213 g/mol. The largest absolute Gasteiger partial charge is 0.618 e. The first kappa shape index (κ1) is 10.4. The van der Waals surface area contributed by atoms with Crippen LogP contribution in [0.5, 0.6) is 0 Å². The fourth-order valence-corrected chi connectivity index (χ4v) is 1.52. The molecule has 16 heavy (non-hydrogen) atoms. The third-order valence-corrected chi connectivity index (χ3v) is 2.41. The van der Waals surface area contributed by atoms with Crippen molar-refractivity contribution in [2.75, 3.05) is 0 Å². The molecule has 0 saturated carbocycles. The number of hydrogen-bond acceptors (Lipinski definition) is 2. The van der Waals surface area contributed by atoms with Crippen LogP contribution in [0.25, 0.3) is 0 Å². The Morgan fingerprint density at radius 3 is 2.50 bits per heavy atom. The second kappa shape index (κ2) is 4.57. The Bertz CT molecular complexity index is 492. The molecule has 0 aliphatic carbocycles. The molecular formula is C13H11NO2. The van der Waals surface area contributed by atoms with Gasteiger partial charge in [0.15, 0.2) is 11.9 Å². The van der Waals surface area contributed by atoms with E-state index >= 15 is 0 Å². The van der Waals surface area contributed by atoms with E-state index in [4.69, 9.17) is 0 Å². The average Bonchev–Trinajstić information content (AvgIpc) is 2.33. The van der Waals surface area contributed by atoms with Gasteiger partial charge < -0.3 is 5.21 Å². The minimum absolute atomic E-state index is 0.573. The molecule has 2 aromatic rings. The third-order valence-electron chi connectivity index (χ3n) is 2.41. The fraction of sp³-hybridized carbons (Fsp3) is 0.0769. The lowest BCUT2D eigenvalue weighted by molar-refractivity contribution is -0.613. The van der Waals surface area contributed by atoms with Crippen LogP contribution in [-0.2, 0) is 6.42 Å². The monoisotopic (exact) mass is 213 g/mol. The first-order chi connectivity index (χ1) is 7.79. The number of nitrogens with zero attached hydrogens (tertiary/aromatic N) is 1. The Morgan fingerprint density at radius 2 is 1.88 bits per heavy atom. The number of aromatic nitrogens is 1. The Balaban J connectivity index is 2.21. The number of benzene rings is 1. The molecule has 0 amide bonds. The van der Waals surface area contributed by atoms with Crippen molar-refractivity contribution in [1.29, 1.82) is 0 Å². The highest BCUT2D eigenvalue weighted by atomic mass is 16.5. The van der Waals surface area contributed by atoms with Crippen LogP contribution in [0.2, 0.25) is 0 Å². The highest BCUT2D eigenvalue weighted by molar-refractivity contribution is 5.74. The second-order valence-corrected chi connectivity index (χ2v) is 3.55. The Morgan fingerprint density at radius 1 is 1.12 bits per heavy atom. The molecule has 0 bridgehead atoms. The van der Waals surface area contributed by atoms with E-state index in [1.54, 1.807) is 24.3 Å². The predicted octanol–water partition coefficient (Wildman–Crippen LogP) is 1.72. The van der Waals surface area contributed by atoms with Crippen molar-refractivity contribution in [3.63, 3.8) is 0 Å². The zero-order valence-electron chi connectivity index (χ0n) is 8.67. The summed E-state index contributed by atoms with van der Waals surface area (Å²) in [5.74, 6) is 0. The van der Waals surface area contributed by atoms with Gasteiger partial charge in [-0.15, -0.1) is 0 Å². The standard InChI is InChI=1S/C13H11NO2/c15-10-12-6-4-11(5-7-12)9-13-3-1-2-8-14(13)16/h1-8,10H,9H2. The highest BCUT2D eigenvalue weighted by Gasteiger charge is 2.04. The Labute approximate surface area is 93.6 Å². The molecule has 0 spiro atoms. The Kier molecular flexibility index (Phi) is 2.96. The number of carbonyl (C=O) groups excluding carboxylic acids is 1. The number of aldehydes is 1. The first-order valence-electron chi connectivity index (χ1n) is 5.01. The van der Waals surface area contributed by atoms with Crippen molar-refractivity contribution in [3.05, 3.63) is 70.7 Å². The van der Waals surface area contributed by atoms with Crippen molar-refractivity contribution in [2.24, 2.45) is 0 Å². The Hall–Kier alpha value is -2.16. The zero-order valence-corrected chi connectivity index (χ0v) is 8.67. The second-order valence-electron chi connectivity index (χ2n) is 3.55. The molecule has 2 rings (SSSR count). The maximum Gasteiger partial charge on any atom is 0.197 e. The van der Waals surface area contributed by atoms with Crippen molar-refractivity contribution in [3.8, 4) is 0 Å². The summed E-state index contributed by atoms with van der Waals surface area (Å²) < 4.78 is 0.855. The smallest absolute Gasteiger partial charge is 0.197 e. The SMILES string of the molecule is O=Cc1ccc(Cc2cccc[n+]2[O-])cc1. The molecule has 0 unspecified atom stereocenters. The van der Waals surface area contributed by atoms with E-state index in [0.29, 0.717) is 17.7 Å². The van der Waals surface area contributed by atoms with E-state index in [-0.39, 0.29) is 0 Å². The summed E-state index contributed by atoms with van der Waals surface area (Å²) in [6.07, 6.45) is 2.86. The van der Waals surface area contributed by atoms with Gasteiger partial charge in [-0.05, 0) is 5.56 Å². The first-order valence-corrected chi connectivity index (χ1v) is 5.01. The molecule has 0 aliphatic rings.